The molecule has 0 saturated carbocycles. The first kappa shape index (κ1) is 14.5. The third-order valence-electron chi connectivity index (χ3n) is 3.85. The molecule has 1 nitrogen and oxygen atoms in total. The van der Waals surface area contributed by atoms with E-state index in [1.54, 1.807) is 18.8 Å². The van der Waals surface area contributed by atoms with Crippen LogP contribution >= 0.6 is 11.8 Å². The molecule has 0 saturated heterocycles. The zero-order valence-corrected chi connectivity index (χ0v) is 12.2. The van der Waals surface area contributed by atoms with Crippen LogP contribution in [-0.2, 0) is 0 Å². The Bertz CT molecular complexity index is 675. The second-order valence-electron chi connectivity index (χ2n) is 4.99. The number of hydrogen-bond donors (Lipinski definition) is 1. The zero-order chi connectivity index (χ0) is 15.0. The summed E-state index contributed by atoms with van der Waals surface area (Å²) < 4.78 is 40.7. The summed E-state index contributed by atoms with van der Waals surface area (Å²) in [7, 11) is 1.71. The van der Waals surface area contributed by atoms with Crippen molar-refractivity contribution in [3.05, 3.63) is 65.0 Å². The van der Waals surface area contributed by atoms with Gasteiger partial charge in [0, 0.05) is 28.2 Å². The van der Waals surface area contributed by atoms with Gasteiger partial charge in [-0.15, -0.1) is 11.8 Å². The van der Waals surface area contributed by atoms with Crippen LogP contribution in [0.15, 0.2) is 41.3 Å². The molecule has 0 aromatic heterocycles. The number of halogens is 3. The summed E-state index contributed by atoms with van der Waals surface area (Å²) >= 11 is 1.70. The largest absolute Gasteiger partial charge is 0.312 e. The lowest BCUT2D eigenvalue weighted by Gasteiger charge is -2.24. The summed E-state index contributed by atoms with van der Waals surface area (Å²) in [5.41, 5.74) is 1.28. The Balaban J connectivity index is 2.03. The minimum atomic E-state index is -1.41. The van der Waals surface area contributed by atoms with Gasteiger partial charge >= 0.3 is 0 Å². The molecule has 0 spiro atoms. The van der Waals surface area contributed by atoms with Crippen molar-refractivity contribution in [2.45, 2.75) is 16.9 Å². The van der Waals surface area contributed by atoms with E-state index in [1.165, 1.54) is 6.07 Å². The smallest absolute Gasteiger partial charge is 0.194 e. The molecule has 3 rings (SSSR count). The Kier molecular flexibility index (Phi) is 3.95. The van der Waals surface area contributed by atoms with E-state index in [9.17, 15) is 13.2 Å². The van der Waals surface area contributed by atoms with Crippen LogP contribution in [0.2, 0.25) is 0 Å². The number of nitrogens with one attached hydrogen (secondary N) is 1. The van der Waals surface area contributed by atoms with Crippen LogP contribution in [0.4, 0.5) is 13.2 Å². The number of hydrogen-bond acceptors (Lipinski definition) is 2. The predicted molar refractivity (Wildman–Crippen MR) is 78.0 cm³/mol. The highest BCUT2D eigenvalue weighted by molar-refractivity contribution is 7.99. The Hall–Kier alpha value is -1.46. The predicted octanol–water partition coefficient (Wildman–Crippen LogP) is 4.25. The van der Waals surface area contributed by atoms with Crippen molar-refractivity contribution in [1.82, 2.24) is 5.32 Å². The van der Waals surface area contributed by atoms with Gasteiger partial charge < -0.3 is 5.32 Å². The van der Waals surface area contributed by atoms with Gasteiger partial charge in [0.1, 0.15) is 0 Å². The van der Waals surface area contributed by atoms with Crippen LogP contribution in [0.3, 0.4) is 0 Å². The molecule has 1 aliphatic heterocycles. The van der Waals surface area contributed by atoms with Gasteiger partial charge in [0.05, 0.1) is 0 Å². The van der Waals surface area contributed by atoms with Crippen molar-refractivity contribution in [3.8, 4) is 0 Å². The average molecular weight is 309 g/mol. The standard InChI is InChI=1S/C16H14F3NS/c1-20-16(10-6-7-12(17)15(19)14(10)18)11-8-21-13-5-3-2-4-9(11)13/h2-7,11,16,20H,8H2,1H3. The third-order valence-corrected chi connectivity index (χ3v) is 5.06. The average Bonchev–Trinajstić information content (AvgIpc) is 2.92. The lowest BCUT2D eigenvalue weighted by Crippen LogP contribution is -2.25. The Morgan fingerprint density at radius 3 is 2.62 bits per heavy atom. The quantitative estimate of drug-likeness (QED) is 0.851. The summed E-state index contributed by atoms with van der Waals surface area (Å²) in [4.78, 5) is 1.16. The molecule has 1 heterocycles. The second-order valence-corrected chi connectivity index (χ2v) is 6.05. The summed E-state index contributed by atoms with van der Waals surface area (Å²) in [5.74, 6) is -2.87. The molecular weight excluding hydrogens is 295 g/mol. The summed E-state index contributed by atoms with van der Waals surface area (Å²) in [6.45, 7) is 0. The van der Waals surface area contributed by atoms with Crippen LogP contribution in [0.1, 0.15) is 23.1 Å². The molecule has 110 valence electrons. The molecule has 0 amide bonds. The molecule has 2 atom stereocenters. The zero-order valence-electron chi connectivity index (χ0n) is 11.4. The van der Waals surface area contributed by atoms with E-state index in [4.69, 9.17) is 0 Å². The fourth-order valence-corrected chi connectivity index (χ4v) is 4.11. The van der Waals surface area contributed by atoms with E-state index in [0.717, 1.165) is 22.3 Å². The van der Waals surface area contributed by atoms with E-state index in [1.807, 2.05) is 24.3 Å². The molecule has 0 aliphatic carbocycles. The van der Waals surface area contributed by atoms with Crippen LogP contribution in [0.25, 0.3) is 0 Å². The van der Waals surface area contributed by atoms with Crippen molar-refractivity contribution in [2.24, 2.45) is 0 Å². The summed E-state index contributed by atoms with van der Waals surface area (Å²) in [6.07, 6.45) is 0. The van der Waals surface area contributed by atoms with Gasteiger partial charge in [-0.2, -0.15) is 0 Å². The normalized spacial score (nSPS) is 18.6. The van der Waals surface area contributed by atoms with Gasteiger partial charge in [0.2, 0.25) is 0 Å². The van der Waals surface area contributed by atoms with E-state index < -0.39 is 23.5 Å². The maximum absolute atomic E-state index is 14.1. The van der Waals surface area contributed by atoms with E-state index >= 15 is 0 Å². The lowest BCUT2D eigenvalue weighted by atomic mass is 9.88. The Labute approximate surface area is 125 Å². The van der Waals surface area contributed by atoms with E-state index in [0.29, 0.717) is 0 Å². The van der Waals surface area contributed by atoms with Gasteiger partial charge in [0.25, 0.3) is 0 Å². The second kappa shape index (κ2) is 5.73. The summed E-state index contributed by atoms with van der Waals surface area (Å²) in [5, 5.41) is 3.05. The number of rotatable bonds is 3. The molecule has 21 heavy (non-hydrogen) atoms. The van der Waals surface area contributed by atoms with Crippen LogP contribution in [-0.4, -0.2) is 12.8 Å². The Morgan fingerprint density at radius 2 is 1.86 bits per heavy atom. The fraction of sp³-hybridized carbons (Fsp3) is 0.250. The number of thioether (sulfide) groups is 1. The maximum Gasteiger partial charge on any atom is 0.194 e. The van der Waals surface area contributed by atoms with E-state index in [-0.39, 0.29) is 11.5 Å². The van der Waals surface area contributed by atoms with Gasteiger partial charge in [-0.05, 0) is 24.7 Å². The van der Waals surface area contributed by atoms with E-state index in [2.05, 4.69) is 5.32 Å². The number of benzene rings is 2. The minimum Gasteiger partial charge on any atom is -0.312 e. The highest BCUT2D eigenvalue weighted by Crippen LogP contribution is 2.45. The van der Waals surface area contributed by atoms with Crippen molar-refractivity contribution in [1.29, 1.82) is 0 Å². The first-order chi connectivity index (χ1) is 10.1. The van der Waals surface area contributed by atoms with Crippen molar-refractivity contribution in [3.63, 3.8) is 0 Å². The minimum absolute atomic E-state index is 0.0237. The lowest BCUT2D eigenvalue weighted by molar-refractivity contribution is 0.418. The highest BCUT2D eigenvalue weighted by atomic mass is 32.2. The van der Waals surface area contributed by atoms with Gasteiger partial charge in [0.15, 0.2) is 17.5 Å². The van der Waals surface area contributed by atoms with Gasteiger partial charge in [-0.25, -0.2) is 13.2 Å². The van der Waals surface area contributed by atoms with Crippen LogP contribution in [0.5, 0.6) is 0 Å². The third kappa shape index (κ3) is 2.45. The fourth-order valence-electron chi connectivity index (χ4n) is 2.82. The van der Waals surface area contributed by atoms with Crippen molar-refractivity contribution >= 4 is 11.8 Å². The molecule has 0 fully saturated rings. The molecule has 2 aromatic carbocycles. The van der Waals surface area contributed by atoms with Crippen molar-refractivity contribution in [2.75, 3.05) is 12.8 Å². The highest BCUT2D eigenvalue weighted by Gasteiger charge is 2.32. The molecule has 0 bridgehead atoms. The molecule has 1 aliphatic rings. The van der Waals surface area contributed by atoms with Crippen LogP contribution < -0.4 is 5.32 Å². The summed E-state index contributed by atoms with van der Waals surface area (Å²) in [6, 6.07) is 9.83. The maximum atomic E-state index is 14.1. The van der Waals surface area contributed by atoms with Crippen LogP contribution in [0, 0.1) is 17.5 Å². The molecule has 0 radical (unpaired) electrons. The molecule has 2 unspecified atom stereocenters. The number of likely N-dealkylation sites (N-methyl/N-ethyl adjacent to an activating group) is 1. The van der Waals surface area contributed by atoms with Gasteiger partial charge in [-0.1, -0.05) is 24.3 Å². The van der Waals surface area contributed by atoms with Gasteiger partial charge in [-0.3, -0.25) is 0 Å². The Morgan fingerprint density at radius 1 is 1.10 bits per heavy atom. The first-order valence-corrected chi connectivity index (χ1v) is 7.64. The monoisotopic (exact) mass is 309 g/mol. The molecule has 1 N–H and O–H groups in total. The topological polar surface area (TPSA) is 12.0 Å². The molecular formula is C16H14F3NS. The molecule has 2 aromatic rings. The SMILES string of the molecule is CNC(c1ccc(F)c(F)c1F)C1CSc2ccccc21. The molecule has 5 heteroatoms. The van der Waals surface area contributed by atoms with Crippen molar-refractivity contribution < 1.29 is 13.2 Å². The number of fused-ring (bicyclic) bond motifs is 1. The first-order valence-electron chi connectivity index (χ1n) is 6.66.